The zero-order valence-electron chi connectivity index (χ0n) is 13.8. The van der Waals surface area contributed by atoms with Gasteiger partial charge in [0.05, 0.1) is 12.8 Å². The van der Waals surface area contributed by atoms with Gasteiger partial charge in [-0.1, -0.05) is 30.3 Å². The molecule has 1 aromatic heterocycles. The molecular weight excluding hydrogens is 286 g/mol. The quantitative estimate of drug-likeness (QED) is 0.869. The van der Waals surface area contributed by atoms with Crippen LogP contribution in [0.4, 0.5) is 0 Å². The van der Waals surface area contributed by atoms with Gasteiger partial charge in [-0.15, -0.1) is 0 Å². The van der Waals surface area contributed by atoms with Crippen LogP contribution in [-0.4, -0.2) is 47.0 Å². The topological polar surface area (TPSA) is 30.3 Å². The second kappa shape index (κ2) is 6.46. The van der Waals surface area contributed by atoms with E-state index in [9.17, 15) is 0 Å². The average molecular weight is 311 g/mol. The maximum absolute atomic E-state index is 5.81. The Bertz CT molecular complexity index is 639. The number of nitrogens with zero attached hydrogens (tertiary/aromatic N) is 3. The minimum absolute atomic E-state index is 0.607. The lowest BCUT2D eigenvalue weighted by Crippen LogP contribution is -2.39. The van der Waals surface area contributed by atoms with E-state index in [1.54, 1.807) is 0 Å². The molecule has 122 valence electrons. The predicted molar refractivity (Wildman–Crippen MR) is 90.4 cm³/mol. The van der Waals surface area contributed by atoms with E-state index in [4.69, 9.17) is 4.74 Å². The largest absolute Gasteiger partial charge is 0.381 e. The first-order valence-corrected chi connectivity index (χ1v) is 8.65. The number of fused-ring (bicyclic) bond motifs is 1. The van der Waals surface area contributed by atoms with Crippen molar-refractivity contribution in [3.8, 4) is 0 Å². The molecular formula is C19H25N3O. The van der Waals surface area contributed by atoms with Gasteiger partial charge < -0.3 is 4.74 Å². The Labute approximate surface area is 138 Å². The minimum atomic E-state index is 0.607. The fourth-order valence-electron chi connectivity index (χ4n) is 4.29. The molecule has 4 heteroatoms. The van der Waals surface area contributed by atoms with Crippen LogP contribution in [0.2, 0.25) is 0 Å². The monoisotopic (exact) mass is 311 g/mol. The standard InChI is InChI=1S/C19H25N3O/c1-21-12-15(11-20-21)7-9-22-13-17(16-5-3-2-4-6-16)18-14-23-10-8-19(18)22/h2-6,11-12,17-19H,7-10,13-14H2,1H3. The molecule has 0 saturated carbocycles. The van der Waals surface area contributed by atoms with Gasteiger partial charge in [-0.05, 0) is 24.0 Å². The molecule has 4 nitrogen and oxygen atoms in total. The van der Waals surface area contributed by atoms with Crippen molar-refractivity contribution in [3.63, 3.8) is 0 Å². The summed E-state index contributed by atoms with van der Waals surface area (Å²) in [5, 5.41) is 4.28. The number of hydrogen-bond donors (Lipinski definition) is 0. The third kappa shape index (κ3) is 3.06. The maximum atomic E-state index is 5.81. The molecule has 0 spiro atoms. The van der Waals surface area contributed by atoms with Crippen molar-refractivity contribution in [2.75, 3.05) is 26.3 Å². The first kappa shape index (κ1) is 14.9. The fourth-order valence-corrected chi connectivity index (χ4v) is 4.29. The van der Waals surface area contributed by atoms with Gasteiger partial charge in [-0.3, -0.25) is 9.58 Å². The summed E-state index contributed by atoms with van der Waals surface area (Å²) in [6.45, 7) is 4.10. The molecule has 3 unspecified atom stereocenters. The molecule has 3 atom stereocenters. The second-order valence-electron chi connectivity index (χ2n) is 6.88. The van der Waals surface area contributed by atoms with Crippen LogP contribution in [-0.2, 0) is 18.2 Å². The Morgan fingerprint density at radius 1 is 1.26 bits per heavy atom. The van der Waals surface area contributed by atoms with Crippen molar-refractivity contribution in [2.45, 2.75) is 24.8 Å². The van der Waals surface area contributed by atoms with Crippen molar-refractivity contribution in [1.82, 2.24) is 14.7 Å². The molecule has 1 aromatic carbocycles. The van der Waals surface area contributed by atoms with Crippen LogP contribution in [0, 0.1) is 5.92 Å². The lowest BCUT2D eigenvalue weighted by molar-refractivity contribution is 0.0196. The SMILES string of the molecule is Cn1cc(CCN2CC(c3ccccc3)C3COCCC32)cn1. The van der Waals surface area contributed by atoms with E-state index < -0.39 is 0 Å². The Kier molecular flexibility index (Phi) is 4.19. The van der Waals surface area contributed by atoms with Gasteiger partial charge in [-0.2, -0.15) is 5.10 Å². The van der Waals surface area contributed by atoms with Gasteiger partial charge in [-0.25, -0.2) is 0 Å². The number of rotatable bonds is 4. The second-order valence-corrected chi connectivity index (χ2v) is 6.88. The van der Waals surface area contributed by atoms with Crippen LogP contribution < -0.4 is 0 Å². The molecule has 0 N–H and O–H groups in total. The summed E-state index contributed by atoms with van der Waals surface area (Å²) in [5.41, 5.74) is 2.80. The number of hydrogen-bond acceptors (Lipinski definition) is 3. The van der Waals surface area contributed by atoms with Gasteiger partial charge in [0, 0.05) is 50.8 Å². The predicted octanol–water partition coefficient (Wildman–Crippen LogP) is 2.47. The van der Waals surface area contributed by atoms with Crippen molar-refractivity contribution >= 4 is 0 Å². The molecule has 2 aromatic rings. The van der Waals surface area contributed by atoms with Gasteiger partial charge >= 0.3 is 0 Å². The van der Waals surface area contributed by atoms with Gasteiger partial charge in [0.15, 0.2) is 0 Å². The highest BCUT2D eigenvalue weighted by atomic mass is 16.5. The smallest absolute Gasteiger partial charge is 0.0522 e. The summed E-state index contributed by atoms with van der Waals surface area (Å²) < 4.78 is 7.70. The van der Waals surface area contributed by atoms with Crippen molar-refractivity contribution in [2.24, 2.45) is 13.0 Å². The van der Waals surface area contributed by atoms with E-state index in [-0.39, 0.29) is 0 Å². The van der Waals surface area contributed by atoms with Gasteiger partial charge in [0.1, 0.15) is 0 Å². The highest BCUT2D eigenvalue weighted by Crippen LogP contribution is 2.40. The number of aromatic nitrogens is 2. The number of aryl methyl sites for hydroxylation is 1. The molecule has 0 bridgehead atoms. The van der Waals surface area contributed by atoms with Crippen molar-refractivity contribution < 1.29 is 4.74 Å². The molecule has 0 amide bonds. The molecule has 23 heavy (non-hydrogen) atoms. The van der Waals surface area contributed by atoms with Crippen LogP contribution in [0.1, 0.15) is 23.5 Å². The van der Waals surface area contributed by atoms with Gasteiger partial charge in [0.25, 0.3) is 0 Å². The van der Waals surface area contributed by atoms with E-state index in [2.05, 4.69) is 46.5 Å². The summed E-state index contributed by atoms with van der Waals surface area (Å²) in [6, 6.07) is 11.7. The van der Waals surface area contributed by atoms with Crippen LogP contribution >= 0.6 is 0 Å². The Hall–Kier alpha value is -1.65. The summed E-state index contributed by atoms with van der Waals surface area (Å²) in [6.07, 6.45) is 6.37. The highest BCUT2D eigenvalue weighted by molar-refractivity contribution is 5.24. The Balaban J connectivity index is 1.49. The van der Waals surface area contributed by atoms with Crippen LogP contribution in [0.3, 0.4) is 0 Å². The summed E-state index contributed by atoms with van der Waals surface area (Å²) in [5.74, 6) is 1.25. The maximum Gasteiger partial charge on any atom is 0.0522 e. The highest BCUT2D eigenvalue weighted by Gasteiger charge is 2.43. The molecule has 0 aliphatic carbocycles. The number of likely N-dealkylation sites (tertiary alicyclic amines) is 1. The molecule has 2 aliphatic rings. The van der Waals surface area contributed by atoms with Gasteiger partial charge in [0.2, 0.25) is 0 Å². The summed E-state index contributed by atoms with van der Waals surface area (Å²) in [4.78, 5) is 2.69. The van der Waals surface area contributed by atoms with E-state index in [1.807, 2.05) is 17.9 Å². The third-order valence-electron chi connectivity index (χ3n) is 5.45. The van der Waals surface area contributed by atoms with Crippen LogP contribution in [0.5, 0.6) is 0 Å². The molecule has 3 heterocycles. The van der Waals surface area contributed by atoms with Crippen LogP contribution in [0.25, 0.3) is 0 Å². The van der Waals surface area contributed by atoms with E-state index in [0.29, 0.717) is 17.9 Å². The molecule has 2 aliphatic heterocycles. The van der Waals surface area contributed by atoms with E-state index >= 15 is 0 Å². The Morgan fingerprint density at radius 2 is 2.13 bits per heavy atom. The summed E-state index contributed by atoms with van der Waals surface area (Å²) in [7, 11) is 1.99. The van der Waals surface area contributed by atoms with E-state index in [1.165, 1.54) is 17.5 Å². The normalized spacial score (nSPS) is 28.0. The first-order chi connectivity index (χ1) is 11.3. The fraction of sp³-hybridized carbons (Fsp3) is 0.526. The lowest BCUT2D eigenvalue weighted by atomic mass is 9.84. The first-order valence-electron chi connectivity index (χ1n) is 8.65. The lowest BCUT2D eigenvalue weighted by Gasteiger charge is -2.32. The minimum Gasteiger partial charge on any atom is -0.381 e. The summed E-state index contributed by atoms with van der Waals surface area (Å²) >= 11 is 0. The molecule has 4 rings (SSSR count). The zero-order valence-corrected chi connectivity index (χ0v) is 13.8. The molecule has 0 radical (unpaired) electrons. The van der Waals surface area contributed by atoms with Crippen molar-refractivity contribution in [1.29, 1.82) is 0 Å². The zero-order chi connectivity index (χ0) is 15.6. The molecule has 2 fully saturated rings. The third-order valence-corrected chi connectivity index (χ3v) is 5.45. The number of ether oxygens (including phenoxy) is 1. The van der Waals surface area contributed by atoms with E-state index in [0.717, 1.165) is 32.7 Å². The average Bonchev–Trinajstić information content (AvgIpc) is 3.17. The Morgan fingerprint density at radius 3 is 2.91 bits per heavy atom. The molecule has 2 saturated heterocycles. The van der Waals surface area contributed by atoms with Crippen LogP contribution in [0.15, 0.2) is 42.7 Å². The number of benzene rings is 1. The van der Waals surface area contributed by atoms with Crippen molar-refractivity contribution in [3.05, 3.63) is 53.9 Å².